The summed E-state index contributed by atoms with van der Waals surface area (Å²) in [5.74, 6) is -1.37. The molecule has 0 bridgehead atoms. The van der Waals surface area contributed by atoms with Gasteiger partial charge < -0.3 is 25.2 Å². The zero-order valence-electron chi connectivity index (χ0n) is 15.4. The Morgan fingerprint density at radius 2 is 1.69 bits per heavy atom. The number of phenolic OH excluding ortho intramolecular Hbond substituents is 1. The van der Waals surface area contributed by atoms with Gasteiger partial charge >= 0.3 is 5.97 Å². The van der Waals surface area contributed by atoms with Gasteiger partial charge in [0.2, 0.25) is 0 Å². The minimum Gasteiger partial charge on any atom is -0.506 e. The number of benzene rings is 2. The largest absolute Gasteiger partial charge is 0.506 e. The lowest BCUT2D eigenvalue weighted by Crippen LogP contribution is -2.42. The van der Waals surface area contributed by atoms with Crippen LogP contribution in [0.5, 0.6) is 5.75 Å². The van der Waals surface area contributed by atoms with E-state index in [0.29, 0.717) is 25.9 Å². The molecule has 0 unspecified atom stereocenters. The third-order valence-electron chi connectivity index (χ3n) is 4.63. The molecule has 2 aromatic rings. The number of nitrogens with one attached hydrogen (secondary N) is 1. The molecule has 0 aliphatic carbocycles. The maximum atomic E-state index is 12.6. The summed E-state index contributed by atoms with van der Waals surface area (Å²) in [5.41, 5.74) is 2.14. The monoisotopic (exact) mass is 622 g/mol. The van der Waals surface area contributed by atoms with Crippen LogP contribution in [0.1, 0.15) is 15.9 Å². The zero-order valence-corrected chi connectivity index (χ0v) is 19.7. The van der Waals surface area contributed by atoms with Crippen LogP contribution in [0.2, 0.25) is 0 Å². The van der Waals surface area contributed by atoms with Crippen LogP contribution in [0.15, 0.2) is 36.4 Å². The topological polar surface area (TPSA) is 99.1 Å². The molecule has 1 fully saturated rings. The van der Waals surface area contributed by atoms with Crippen LogP contribution in [0.3, 0.4) is 0 Å². The number of ether oxygens (including phenoxy) is 1. The average Bonchev–Trinajstić information content (AvgIpc) is 2.72. The quantitative estimate of drug-likeness (QED) is 0.429. The van der Waals surface area contributed by atoms with E-state index < -0.39 is 17.9 Å². The molecule has 0 radical (unpaired) electrons. The van der Waals surface area contributed by atoms with Crippen LogP contribution < -0.4 is 10.2 Å². The van der Waals surface area contributed by atoms with Crippen molar-refractivity contribution in [3.05, 3.63) is 54.7 Å². The van der Waals surface area contributed by atoms with Crippen molar-refractivity contribution in [3.63, 3.8) is 0 Å². The van der Waals surface area contributed by atoms with Crippen LogP contribution in [0, 0.1) is 7.14 Å². The number of carboxylic acids is 1. The van der Waals surface area contributed by atoms with Gasteiger partial charge in [-0.1, -0.05) is 0 Å². The Balaban J connectivity index is 1.68. The molecule has 3 N–H and O–H groups in total. The van der Waals surface area contributed by atoms with Crippen molar-refractivity contribution in [3.8, 4) is 5.75 Å². The fourth-order valence-corrected chi connectivity index (χ4v) is 4.96. The van der Waals surface area contributed by atoms with Crippen molar-refractivity contribution in [2.24, 2.45) is 0 Å². The molecule has 1 amide bonds. The van der Waals surface area contributed by atoms with E-state index in [0.717, 1.165) is 24.3 Å². The molecule has 1 atom stereocenters. The Labute approximate surface area is 195 Å². The molecule has 1 aliphatic rings. The van der Waals surface area contributed by atoms with Gasteiger partial charge in [0, 0.05) is 30.8 Å². The number of morpholine rings is 1. The third kappa shape index (κ3) is 5.72. The number of anilines is 1. The second-order valence-electron chi connectivity index (χ2n) is 6.62. The Bertz CT molecular complexity index is 875. The lowest BCUT2D eigenvalue weighted by Gasteiger charge is -2.28. The van der Waals surface area contributed by atoms with Crippen molar-refractivity contribution in [1.82, 2.24) is 5.32 Å². The normalized spacial score (nSPS) is 15.0. The first-order valence-electron chi connectivity index (χ1n) is 8.98. The SMILES string of the molecule is O=C(N[C@@H](Cc1cc(I)c(O)c(I)c1)C(=O)O)c1ccc(N2CCOCC2)cc1. The van der Waals surface area contributed by atoms with Crippen LogP contribution >= 0.6 is 45.2 Å². The number of aliphatic carboxylic acids is 1. The van der Waals surface area contributed by atoms with Gasteiger partial charge in [-0.2, -0.15) is 0 Å². The Hall–Kier alpha value is -1.60. The van der Waals surface area contributed by atoms with Crippen LogP contribution in [-0.2, 0) is 16.0 Å². The van der Waals surface area contributed by atoms with E-state index in [1.165, 1.54) is 0 Å². The van der Waals surface area contributed by atoms with Crippen molar-refractivity contribution in [2.75, 3.05) is 31.2 Å². The van der Waals surface area contributed by atoms with E-state index in [1.54, 1.807) is 24.3 Å². The van der Waals surface area contributed by atoms with Gasteiger partial charge in [-0.25, -0.2) is 4.79 Å². The van der Waals surface area contributed by atoms with Gasteiger partial charge in [-0.05, 0) is 87.1 Å². The predicted molar refractivity (Wildman–Crippen MR) is 126 cm³/mol. The van der Waals surface area contributed by atoms with Crippen LogP contribution in [0.25, 0.3) is 0 Å². The van der Waals surface area contributed by atoms with E-state index in [4.69, 9.17) is 4.74 Å². The molecule has 1 aliphatic heterocycles. The summed E-state index contributed by atoms with van der Waals surface area (Å²) in [7, 11) is 0. The van der Waals surface area contributed by atoms with E-state index >= 15 is 0 Å². The second kappa shape index (κ2) is 9.94. The first-order valence-corrected chi connectivity index (χ1v) is 11.1. The highest BCUT2D eigenvalue weighted by atomic mass is 127. The van der Waals surface area contributed by atoms with Crippen molar-refractivity contribution >= 4 is 62.7 Å². The highest BCUT2D eigenvalue weighted by Crippen LogP contribution is 2.28. The molecule has 0 aromatic heterocycles. The molecule has 3 rings (SSSR count). The summed E-state index contributed by atoms with van der Waals surface area (Å²) in [4.78, 5) is 26.4. The molecule has 2 aromatic carbocycles. The van der Waals surface area contributed by atoms with Crippen molar-refractivity contribution in [2.45, 2.75) is 12.5 Å². The number of nitrogens with zero attached hydrogens (tertiary/aromatic N) is 1. The van der Waals surface area contributed by atoms with E-state index in [1.807, 2.05) is 57.3 Å². The fourth-order valence-electron chi connectivity index (χ4n) is 3.06. The van der Waals surface area contributed by atoms with Crippen molar-refractivity contribution in [1.29, 1.82) is 0 Å². The number of amides is 1. The Kier molecular flexibility index (Phi) is 7.57. The number of hydrogen-bond acceptors (Lipinski definition) is 5. The number of carboxylic acid groups (broad SMARTS) is 1. The molecule has 154 valence electrons. The molecular formula is C20H20I2N2O5. The number of aromatic hydroxyl groups is 1. The number of carbonyl (C=O) groups excluding carboxylic acids is 1. The van der Waals surface area contributed by atoms with Gasteiger partial charge in [-0.3, -0.25) is 4.79 Å². The second-order valence-corrected chi connectivity index (χ2v) is 8.95. The van der Waals surface area contributed by atoms with Gasteiger partial charge in [0.05, 0.1) is 20.4 Å². The van der Waals surface area contributed by atoms with Crippen LogP contribution in [0.4, 0.5) is 5.69 Å². The standard InChI is InChI=1S/C20H20I2N2O5/c21-15-9-12(10-16(22)18(15)25)11-17(20(27)28)23-19(26)13-1-3-14(4-2-13)24-5-7-29-8-6-24/h1-4,9-10,17,25H,5-8,11H2,(H,23,26)(H,27,28)/t17-/m0/s1. The molecule has 1 saturated heterocycles. The Morgan fingerprint density at radius 1 is 1.10 bits per heavy atom. The average molecular weight is 622 g/mol. The summed E-state index contributed by atoms with van der Waals surface area (Å²) in [6.07, 6.45) is 0.124. The summed E-state index contributed by atoms with van der Waals surface area (Å²) in [6.45, 7) is 2.96. The summed E-state index contributed by atoms with van der Waals surface area (Å²) < 4.78 is 6.62. The van der Waals surface area contributed by atoms with Gasteiger partial charge in [-0.15, -0.1) is 0 Å². The molecule has 1 heterocycles. The Morgan fingerprint density at radius 3 is 2.24 bits per heavy atom. The predicted octanol–water partition coefficient (Wildman–Crippen LogP) is 2.86. The van der Waals surface area contributed by atoms with Crippen molar-refractivity contribution < 1.29 is 24.5 Å². The number of rotatable bonds is 6. The van der Waals surface area contributed by atoms with Gasteiger partial charge in [0.25, 0.3) is 5.91 Å². The first kappa shape index (κ1) is 22.1. The third-order valence-corrected chi connectivity index (χ3v) is 6.27. The minimum atomic E-state index is -1.11. The number of carbonyl (C=O) groups is 2. The van der Waals surface area contributed by atoms with E-state index in [-0.39, 0.29) is 12.2 Å². The maximum absolute atomic E-state index is 12.6. The highest BCUT2D eigenvalue weighted by Gasteiger charge is 2.22. The molecule has 9 heteroatoms. The van der Waals surface area contributed by atoms with Gasteiger partial charge in [0.15, 0.2) is 0 Å². The summed E-state index contributed by atoms with van der Waals surface area (Å²) >= 11 is 3.99. The summed E-state index contributed by atoms with van der Waals surface area (Å²) in [5, 5.41) is 22.0. The first-order chi connectivity index (χ1) is 13.8. The van der Waals surface area contributed by atoms with Gasteiger partial charge in [0.1, 0.15) is 11.8 Å². The number of halogens is 2. The number of hydrogen-bond donors (Lipinski definition) is 3. The maximum Gasteiger partial charge on any atom is 0.326 e. The summed E-state index contributed by atoms with van der Waals surface area (Å²) in [6, 6.07) is 9.49. The minimum absolute atomic E-state index is 0.124. The van der Waals surface area contributed by atoms with Crippen LogP contribution in [-0.4, -0.2) is 54.4 Å². The molecule has 0 spiro atoms. The van der Waals surface area contributed by atoms with E-state index in [9.17, 15) is 19.8 Å². The lowest BCUT2D eigenvalue weighted by atomic mass is 10.0. The molecule has 0 saturated carbocycles. The molecule has 7 nitrogen and oxygen atoms in total. The smallest absolute Gasteiger partial charge is 0.326 e. The number of phenols is 1. The fraction of sp³-hybridized carbons (Fsp3) is 0.300. The molecular weight excluding hydrogens is 602 g/mol. The highest BCUT2D eigenvalue weighted by molar-refractivity contribution is 14.1. The van der Waals surface area contributed by atoms with E-state index in [2.05, 4.69) is 10.2 Å². The lowest BCUT2D eigenvalue weighted by molar-refractivity contribution is -0.139. The molecule has 29 heavy (non-hydrogen) atoms. The zero-order chi connectivity index (χ0) is 21.0.